The maximum absolute atomic E-state index is 11.5. The zero-order chi connectivity index (χ0) is 20.7. The van der Waals surface area contributed by atoms with Gasteiger partial charge in [-0.15, -0.1) is 0 Å². The second-order valence-electron chi connectivity index (χ2n) is 6.98. The second kappa shape index (κ2) is 24.1. The third-order valence-electron chi connectivity index (χ3n) is 4.14. The molecule has 0 fully saturated rings. The van der Waals surface area contributed by atoms with Gasteiger partial charge in [0.25, 0.3) is 0 Å². The molecule has 0 heterocycles. The van der Waals surface area contributed by atoms with E-state index in [9.17, 15) is 4.79 Å². The van der Waals surface area contributed by atoms with E-state index in [2.05, 4.69) is 18.7 Å². The fourth-order valence-corrected chi connectivity index (χ4v) is 7.07. The molecule has 0 rings (SSSR count). The fraction of sp³-hybridized carbons (Fsp3) is 0.952. The van der Waals surface area contributed by atoms with Crippen molar-refractivity contribution in [1.82, 2.24) is 4.90 Å². The summed E-state index contributed by atoms with van der Waals surface area (Å²) >= 11 is 0. The number of unbranched alkanes of at least 4 members (excludes halogenated alkanes) is 6. The molecule has 0 aliphatic carbocycles. The van der Waals surface area contributed by atoms with E-state index in [-0.39, 0.29) is 5.97 Å². The lowest BCUT2D eigenvalue weighted by Crippen LogP contribution is -2.24. The number of hydrogen-bond donors (Lipinski definition) is 0. The maximum Gasteiger partial charge on any atom is 0.305 e. The molecular formula is C21H43NO2S4. The SMILES string of the molecule is CCCCCCSSCN(CCCOC(=O)CCC)CSSCCCCCC. The Hall–Kier alpha value is 0.830. The predicted octanol–water partition coefficient (Wildman–Crippen LogP) is 7.86. The highest BCUT2D eigenvalue weighted by atomic mass is 33.1. The first-order valence-electron chi connectivity index (χ1n) is 11.1. The van der Waals surface area contributed by atoms with Crippen molar-refractivity contribution >= 4 is 49.1 Å². The average Bonchev–Trinajstić information content (AvgIpc) is 2.69. The van der Waals surface area contributed by atoms with Crippen molar-refractivity contribution in [3.63, 3.8) is 0 Å². The maximum atomic E-state index is 11.5. The van der Waals surface area contributed by atoms with Crippen LogP contribution in [-0.2, 0) is 9.53 Å². The summed E-state index contributed by atoms with van der Waals surface area (Å²) in [7, 11) is 7.98. The molecule has 0 aromatic carbocycles. The van der Waals surface area contributed by atoms with Gasteiger partial charge in [0.1, 0.15) is 0 Å². The summed E-state index contributed by atoms with van der Waals surface area (Å²) in [6.07, 6.45) is 13.1. The minimum atomic E-state index is -0.0527. The number of hydrogen-bond acceptors (Lipinski definition) is 7. The summed E-state index contributed by atoms with van der Waals surface area (Å²) in [5.74, 6) is 4.58. The number of carbonyl (C=O) groups is 1. The van der Waals surface area contributed by atoms with Gasteiger partial charge in [-0.2, -0.15) is 0 Å². The first kappa shape index (κ1) is 28.8. The molecule has 0 aromatic rings. The van der Waals surface area contributed by atoms with E-state index in [4.69, 9.17) is 4.74 Å². The Labute approximate surface area is 190 Å². The highest BCUT2D eigenvalue weighted by Crippen LogP contribution is 2.28. The summed E-state index contributed by atoms with van der Waals surface area (Å²) in [6.45, 7) is 8.10. The lowest BCUT2D eigenvalue weighted by Gasteiger charge is -2.21. The van der Waals surface area contributed by atoms with Crippen LogP contribution in [0.4, 0.5) is 0 Å². The third kappa shape index (κ3) is 21.5. The van der Waals surface area contributed by atoms with Crippen LogP contribution in [0.2, 0.25) is 0 Å². The van der Waals surface area contributed by atoms with Gasteiger partial charge in [-0.05, 0) is 25.7 Å². The highest BCUT2D eigenvalue weighted by Gasteiger charge is 2.07. The van der Waals surface area contributed by atoms with Gasteiger partial charge in [0.05, 0.1) is 18.4 Å². The van der Waals surface area contributed by atoms with Crippen LogP contribution in [0.3, 0.4) is 0 Å². The van der Waals surface area contributed by atoms with Gasteiger partial charge < -0.3 is 4.74 Å². The molecule has 0 spiro atoms. The quantitative estimate of drug-likeness (QED) is 0.0689. The topological polar surface area (TPSA) is 29.5 Å². The van der Waals surface area contributed by atoms with Crippen molar-refractivity contribution in [2.24, 2.45) is 0 Å². The molecule has 0 bridgehead atoms. The number of carbonyl (C=O) groups excluding carboxylic acids is 1. The Balaban J connectivity index is 3.90. The molecule has 0 atom stereocenters. The molecule has 0 N–H and O–H groups in total. The Morgan fingerprint density at radius 1 is 0.714 bits per heavy atom. The number of ether oxygens (including phenoxy) is 1. The summed E-state index contributed by atoms with van der Waals surface area (Å²) in [5, 5.41) is 0. The zero-order valence-corrected chi connectivity index (χ0v) is 21.7. The lowest BCUT2D eigenvalue weighted by molar-refractivity contribution is -0.143. The first-order chi connectivity index (χ1) is 13.7. The van der Waals surface area contributed by atoms with E-state index in [1.807, 2.05) is 50.1 Å². The van der Waals surface area contributed by atoms with E-state index in [1.54, 1.807) is 0 Å². The first-order valence-corrected chi connectivity index (χ1v) is 16.1. The van der Waals surface area contributed by atoms with Gasteiger partial charge in [-0.1, -0.05) is 102 Å². The van der Waals surface area contributed by atoms with Crippen molar-refractivity contribution in [1.29, 1.82) is 0 Å². The van der Waals surface area contributed by atoms with E-state index < -0.39 is 0 Å². The molecule has 0 unspecified atom stereocenters. The minimum absolute atomic E-state index is 0.0527. The fourth-order valence-electron chi connectivity index (χ4n) is 2.43. The van der Waals surface area contributed by atoms with Crippen LogP contribution in [0.5, 0.6) is 0 Å². The van der Waals surface area contributed by atoms with E-state index in [1.165, 1.54) is 62.9 Å². The van der Waals surface area contributed by atoms with Crippen molar-refractivity contribution in [3.05, 3.63) is 0 Å². The monoisotopic (exact) mass is 469 g/mol. The summed E-state index contributed by atoms with van der Waals surface area (Å²) in [6, 6.07) is 0. The van der Waals surface area contributed by atoms with Gasteiger partial charge in [-0.3, -0.25) is 9.69 Å². The Morgan fingerprint density at radius 2 is 1.29 bits per heavy atom. The van der Waals surface area contributed by atoms with Gasteiger partial charge in [0, 0.05) is 24.5 Å². The molecule has 0 saturated heterocycles. The normalized spacial score (nSPS) is 11.3. The van der Waals surface area contributed by atoms with E-state index in [0.29, 0.717) is 13.0 Å². The third-order valence-corrected chi connectivity index (χ3v) is 8.95. The smallest absolute Gasteiger partial charge is 0.305 e. The largest absolute Gasteiger partial charge is 0.466 e. The lowest BCUT2D eigenvalue weighted by atomic mass is 10.2. The van der Waals surface area contributed by atoms with Crippen LogP contribution < -0.4 is 0 Å². The molecular weight excluding hydrogens is 427 g/mol. The van der Waals surface area contributed by atoms with Gasteiger partial charge in [-0.25, -0.2) is 0 Å². The minimum Gasteiger partial charge on any atom is -0.466 e. The molecule has 0 aliphatic rings. The van der Waals surface area contributed by atoms with Gasteiger partial charge in [0.2, 0.25) is 0 Å². The molecule has 0 aliphatic heterocycles. The standard InChI is InChI=1S/C21H43NO2S4/c1-4-7-9-11-17-25-27-19-22(15-13-16-24-21(23)14-6-3)20-28-26-18-12-10-8-5-2/h4-20H2,1-3H3. The van der Waals surface area contributed by atoms with Crippen molar-refractivity contribution in [2.45, 2.75) is 91.4 Å². The van der Waals surface area contributed by atoms with Crippen LogP contribution in [0.25, 0.3) is 0 Å². The van der Waals surface area contributed by atoms with E-state index in [0.717, 1.165) is 31.1 Å². The molecule has 28 heavy (non-hydrogen) atoms. The van der Waals surface area contributed by atoms with Crippen LogP contribution in [-0.4, -0.2) is 47.3 Å². The molecule has 0 aromatic heterocycles. The molecule has 0 radical (unpaired) electrons. The molecule has 3 nitrogen and oxygen atoms in total. The summed E-state index contributed by atoms with van der Waals surface area (Å²) in [4.78, 5) is 14.0. The van der Waals surface area contributed by atoms with Gasteiger partial charge >= 0.3 is 5.97 Å². The number of esters is 1. The van der Waals surface area contributed by atoms with Crippen molar-refractivity contribution in [2.75, 3.05) is 36.4 Å². The van der Waals surface area contributed by atoms with Crippen LogP contribution in [0, 0.1) is 0 Å². The molecule has 0 amide bonds. The molecule has 168 valence electrons. The van der Waals surface area contributed by atoms with E-state index >= 15 is 0 Å². The zero-order valence-electron chi connectivity index (χ0n) is 18.4. The summed E-state index contributed by atoms with van der Waals surface area (Å²) in [5.41, 5.74) is 0. The Bertz CT molecular complexity index is 318. The molecule has 7 heteroatoms. The van der Waals surface area contributed by atoms with Crippen LogP contribution in [0.15, 0.2) is 0 Å². The average molecular weight is 470 g/mol. The number of nitrogens with zero attached hydrogens (tertiary/aromatic N) is 1. The Kier molecular flexibility index (Phi) is 24.8. The van der Waals surface area contributed by atoms with Crippen LogP contribution in [0.1, 0.15) is 91.4 Å². The van der Waals surface area contributed by atoms with Crippen LogP contribution >= 0.6 is 43.2 Å². The second-order valence-corrected chi connectivity index (χ2v) is 12.1. The predicted molar refractivity (Wildman–Crippen MR) is 135 cm³/mol. The molecule has 0 saturated carbocycles. The van der Waals surface area contributed by atoms with Gasteiger partial charge in [0.15, 0.2) is 0 Å². The van der Waals surface area contributed by atoms with Crippen molar-refractivity contribution < 1.29 is 9.53 Å². The summed E-state index contributed by atoms with van der Waals surface area (Å²) < 4.78 is 5.30. The van der Waals surface area contributed by atoms with Crippen molar-refractivity contribution in [3.8, 4) is 0 Å². The Morgan fingerprint density at radius 3 is 1.79 bits per heavy atom. The number of rotatable bonds is 22. The highest BCUT2D eigenvalue weighted by molar-refractivity contribution is 8.77.